The molecule has 1 aromatic carbocycles. The Morgan fingerprint density at radius 2 is 2.05 bits per heavy atom. The molecular formula is C14H20F2N2O2. The first-order valence-electron chi connectivity index (χ1n) is 6.42. The SMILES string of the molecule is CN(C)CCNC(CC(=O)O)Cc1ccc(F)c(F)c1. The highest BCUT2D eigenvalue weighted by Crippen LogP contribution is 2.11. The van der Waals surface area contributed by atoms with Crippen LogP contribution < -0.4 is 5.32 Å². The van der Waals surface area contributed by atoms with Crippen LogP contribution in [0.3, 0.4) is 0 Å². The Balaban J connectivity index is 2.62. The van der Waals surface area contributed by atoms with E-state index in [9.17, 15) is 13.6 Å². The molecule has 20 heavy (non-hydrogen) atoms. The summed E-state index contributed by atoms with van der Waals surface area (Å²) in [7, 11) is 3.84. The van der Waals surface area contributed by atoms with Gasteiger partial charge in [0, 0.05) is 19.1 Å². The minimum absolute atomic E-state index is 0.0631. The Hall–Kier alpha value is -1.53. The lowest BCUT2D eigenvalue weighted by atomic mass is 10.0. The first kappa shape index (κ1) is 16.5. The lowest BCUT2D eigenvalue weighted by molar-refractivity contribution is -0.137. The molecule has 4 nitrogen and oxygen atoms in total. The van der Waals surface area contributed by atoms with Crippen molar-refractivity contribution < 1.29 is 18.7 Å². The van der Waals surface area contributed by atoms with Crippen LogP contribution in [0, 0.1) is 11.6 Å². The predicted molar refractivity (Wildman–Crippen MR) is 72.7 cm³/mol. The molecule has 0 heterocycles. The Morgan fingerprint density at radius 1 is 1.35 bits per heavy atom. The summed E-state index contributed by atoms with van der Waals surface area (Å²) in [5.41, 5.74) is 0.576. The van der Waals surface area contributed by atoms with E-state index in [2.05, 4.69) is 5.32 Å². The van der Waals surface area contributed by atoms with Gasteiger partial charge in [-0.05, 0) is 38.2 Å². The molecule has 0 amide bonds. The first-order valence-corrected chi connectivity index (χ1v) is 6.42. The van der Waals surface area contributed by atoms with Crippen LogP contribution >= 0.6 is 0 Å². The number of carbonyl (C=O) groups is 1. The molecule has 0 saturated heterocycles. The van der Waals surface area contributed by atoms with E-state index >= 15 is 0 Å². The van der Waals surface area contributed by atoms with Gasteiger partial charge in [0.2, 0.25) is 0 Å². The molecule has 1 rings (SSSR count). The zero-order chi connectivity index (χ0) is 15.1. The maximum absolute atomic E-state index is 13.1. The lowest BCUT2D eigenvalue weighted by Gasteiger charge is -2.19. The Labute approximate surface area is 117 Å². The van der Waals surface area contributed by atoms with E-state index in [0.717, 1.165) is 18.7 Å². The van der Waals surface area contributed by atoms with Crippen molar-refractivity contribution in [2.45, 2.75) is 18.9 Å². The number of aliphatic carboxylic acids is 1. The van der Waals surface area contributed by atoms with Crippen LogP contribution in [0.5, 0.6) is 0 Å². The Kier molecular flexibility index (Phi) is 6.54. The summed E-state index contributed by atoms with van der Waals surface area (Å²) >= 11 is 0. The zero-order valence-electron chi connectivity index (χ0n) is 11.7. The van der Waals surface area contributed by atoms with Crippen LogP contribution in [0.2, 0.25) is 0 Å². The minimum atomic E-state index is -0.921. The number of carboxylic acids is 1. The van der Waals surface area contributed by atoms with Gasteiger partial charge in [-0.2, -0.15) is 0 Å². The molecule has 0 fully saturated rings. The molecule has 0 aliphatic heterocycles. The second kappa shape index (κ2) is 7.91. The van der Waals surface area contributed by atoms with Crippen molar-refractivity contribution in [1.29, 1.82) is 0 Å². The van der Waals surface area contributed by atoms with Crippen LogP contribution in [0.1, 0.15) is 12.0 Å². The third-order valence-corrected chi connectivity index (χ3v) is 2.88. The normalized spacial score (nSPS) is 12.7. The molecule has 0 aliphatic carbocycles. The van der Waals surface area contributed by atoms with Crippen LogP contribution in [-0.2, 0) is 11.2 Å². The highest BCUT2D eigenvalue weighted by Gasteiger charge is 2.14. The molecule has 0 aromatic heterocycles. The highest BCUT2D eigenvalue weighted by molar-refractivity contribution is 5.67. The molecule has 1 atom stereocenters. The van der Waals surface area contributed by atoms with Crippen LogP contribution in [-0.4, -0.2) is 49.2 Å². The monoisotopic (exact) mass is 286 g/mol. The van der Waals surface area contributed by atoms with Gasteiger partial charge in [0.25, 0.3) is 0 Å². The third kappa shape index (κ3) is 6.08. The smallest absolute Gasteiger partial charge is 0.304 e. The molecule has 2 N–H and O–H groups in total. The van der Waals surface area contributed by atoms with E-state index in [-0.39, 0.29) is 12.5 Å². The van der Waals surface area contributed by atoms with Gasteiger partial charge in [0.15, 0.2) is 11.6 Å². The van der Waals surface area contributed by atoms with Crippen molar-refractivity contribution in [2.24, 2.45) is 0 Å². The van der Waals surface area contributed by atoms with E-state index in [1.807, 2.05) is 19.0 Å². The average molecular weight is 286 g/mol. The molecule has 112 valence electrons. The quantitative estimate of drug-likeness (QED) is 0.760. The van der Waals surface area contributed by atoms with Crippen molar-refractivity contribution in [2.75, 3.05) is 27.2 Å². The fourth-order valence-corrected chi connectivity index (χ4v) is 1.87. The van der Waals surface area contributed by atoms with Gasteiger partial charge in [-0.25, -0.2) is 8.78 Å². The number of hydrogen-bond donors (Lipinski definition) is 2. The summed E-state index contributed by atoms with van der Waals surface area (Å²) in [6.07, 6.45) is 0.281. The number of nitrogens with zero attached hydrogens (tertiary/aromatic N) is 1. The number of halogens is 2. The van der Waals surface area contributed by atoms with Gasteiger partial charge in [-0.3, -0.25) is 4.79 Å². The molecule has 1 unspecified atom stereocenters. The number of benzene rings is 1. The largest absolute Gasteiger partial charge is 0.481 e. The first-order chi connectivity index (χ1) is 9.38. The molecular weight excluding hydrogens is 266 g/mol. The molecule has 1 aromatic rings. The van der Waals surface area contributed by atoms with Crippen molar-refractivity contribution in [3.05, 3.63) is 35.4 Å². The summed E-state index contributed by atoms with van der Waals surface area (Å²) in [5, 5.41) is 12.0. The maximum atomic E-state index is 13.1. The van der Waals surface area contributed by atoms with Gasteiger partial charge in [0.05, 0.1) is 6.42 Å². The van der Waals surface area contributed by atoms with E-state index in [4.69, 9.17) is 5.11 Å². The Morgan fingerprint density at radius 3 is 2.60 bits per heavy atom. The summed E-state index contributed by atoms with van der Waals surface area (Å²) in [4.78, 5) is 12.8. The summed E-state index contributed by atoms with van der Waals surface area (Å²) < 4.78 is 26.0. The topological polar surface area (TPSA) is 52.6 Å². The summed E-state index contributed by atoms with van der Waals surface area (Å²) in [6, 6.07) is 3.33. The van der Waals surface area contributed by atoms with Crippen molar-refractivity contribution in [3.63, 3.8) is 0 Å². The van der Waals surface area contributed by atoms with E-state index in [1.54, 1.807) is 0 Å². The second-order valence-electron chi connectivity index (χ2n) is 5.00. The lowest BCUT2D eigenvalue weighted by Crippen LogP contribution is -2.37. The second-order valence-corrected chi connectivity index (χ2v) is 5.00. The maximum Gasteiger partial charge on any atom is 0.304 e. The molecule has 0 bridgehead atoms. The molecule has 6 heteroatoms. The fraction of sp³-hybridized carbons (Fsp3) is 0.500. The van der Waals surface area contributed by atoms with Gasteiger partial charge in [-0.15, -0.1) is 0 Å². The fourth-order valence-electron chi connectivity index (χ4n) is 1.87. The van der Waals surface area contributed by atoms with Crippen molar-refractivity contribution >= 4 is 5.97 Å². The van der Waals surface area contributed by atoms with Gasteiger partial charge >= 0.3 is 5.97 Å². The van der Waals surface area contributed by atoms with Crippen molar-refractivity contribution in [1.82, 2.24) is 10.2 Å². The van der Waals surface area contributed by atoms with Crippen LogP contribution in [0.15, 0.2) is 18.2 Å². The predicted octanol–water partition coefficient (Wildman–Crippen LogP) is 1.50. The average Bonchev–Trinajstić information content (AvgIpc) is 2.32. The number of nitrogens with one attached hydrogen (secondary N) is 1. The number of likely N-dealkylation sites (N-methyl/N-ethyl adjacent to an activating group) is 1. The van der Waals surface area contributed by atoms with Gasteiger partial charge < -0.3 is 15.3 Å². The number of hydrogen-bond acceptors (Lipinski definition) is 3. The minimum Gasteiger partial charge on any atom is -0.481 e. The van der Waals surface area contributed by atoms with E-state index < -0.39 is 17.6 Å². The summed E-state index contributed by atoms with van der Waals surface area (Å²) in [6.45, 7) is 1.41. The van der Waals surface area contributed by atoms with Crippen LogP contribution in [0.4, 0.5) is 8.78 Å². The van der Waals surface area contributed by atoms with Crippen LogP contribution in [0.25, 0.3) is 0 Å². The standard InChI is InChI=1S/C14H20F2N2O2/c1-18(2)6-5-17-11(9-14(19)20)7-10-3-4-12(15)13(16)8-10/h3-4,8,11,17H,5-7,9H2,1-2H3,(H,19,20). The highest BCUT2D eigenvalue weighted by atomic mass is 19.2. The van der Waals surface area contributed by atoms with Gasteiger partial charge in [-0.1, -0.05) is 6.07 Å². The Bertz CT molecular complexity index is 453. The molecule has 0 spiro atoms. The molecule has 0 radical (unpaired) electrons. The van der Waals surface area contributed by atoms with Gasteiger partial charge in [0.1, 0.15) is 0 Å². The molecule has 0 aliphatic rings. The summed E-state index contributed by atoms with van der Waals surface area (Å²) in [5.74, 6) is -2.73. The zero-order valence-corrected chi connectivity index (χ0v) is 11.7. The number of carboxylic acid groups (broad SMARTS) is 1. The third-order valence-electron chi connectivity index (χ3n) is 2.88. The van der Waals surface area contributed by atoms with Crippen molar-refractivity contribution in [3.8, 4) is 0 Å². The molecule has 0 saturated carbocycles. The van der Waals surface area contributed by atoms with E-state index in [0.29, 0.717) is 18.5 Å². The van der Waals surface area contributed by atoms with E-state index in [1.165, 1.54) is 6.07 Å². The number of rotatable bonds is 8.